The zero-order valence-electron chi connectivity index (χ0n) is 11.1. The zero-order chi connectivity index (χ0) is 12.7. The second-order valence-corrected chi connectivity index (χ2v) is 5.25. The molecular weight excluding hydrogens is 226 g/mol. The Morgan fingerprint density at radius 2 is 2.17 bits per heavy atom. The Hall–Kier alpha value is -1.49. The number of nitrogens with one attached hydrogen (secondary N) is 1. The number of hydrogen-bond acceptors (Lipinski definition) is 4. The Labute approximate surface area is 107 Å². The van der Waals surface area contributed by atoms with Crippen LogP contribution in [0, 0.1) is 19.8 Å². The van der Waals surface area contributed by atoms with Crippen molar-refractivity contribution in [2.45, 2.75) is 39.7 Å². The van der Waals surface area contributed by atoms with E-state index in [1.54, 1.807) is 0 Å². The van der Waals surface area contributed by atoms with Crippen LogP contribution in [-0.4, -0.2) is 26.1 Å². The number of rotatable bonds is 1. The Morgan fingerprint density at radius 3 is 2.94 bits per heavy atom. The quantitative estimate of drug-likeness (QED) is 0.832. The molecule has 5 heteroatoms. The molecule has 1 saturated heterocycles. The largest absolute Gasteiger partial charge is 0.307 e. The molecule has 3 heterocycles. The Bertz CT molecular complexity index is 574. The van der Waals surface area contributed by atoms with E-state index in [0.29, 0.717) is 5.92 Å². The van der Waals surface area contributed by atoms with Crippen molar-refractivity contribution in [2.24, 2.45) is 5.92 Å². The van der Waals surface area contributed by atoms with Gasteiger partial charge in [-0.15, -0.1) is 10.2 Å². The lowest BCUT2D eigenvalue weighted by Gasteiger charge is -2.28. The molecule has 0 amide bonds. The molecule has 2 aromatic rings. The summed E-state index contributed by atoms with van der Waals surface area (Å²) < 4.78 is 2.08. The van der Waals surface area contributed by atoms with Gasteiger partial charge in [-0.1, -0.05) is 6.92 Å². The van der Waals surface area contributed by atoms with E-state index in [1.165, 1.54) is 12.8 Å². The van der Waals surface area contributed by atoms with E-state index < -0.39 is 0 Å². The number of piperidine rings is 1. The molecule has 2 unspecified atom stereocenters. The molecule has 96 valence electrons. The van der Waals surface area contributed by atoms with Crippen LogP contribution < -0.4 is 5.32 Å². The molecule has 1 N–H and O–H groups in total. The van der Waals surface area contributed by atoms with Crippen molar-refractivity contribution < 1.29 is 0 Å². The summed E-state index contributed by atoms with van der Waals surface area (Å²) in [6.07, 6.45) is 2.48. The van der Waals surface area contributed by atoms with Crippen LogP contribution in [0.2, 0.25) is 0 Å². The maximum atomic E-state index is 4.51. The maximum absolute atomic E-state index is 4.51. The van der Waals surface area contributed by atoms with E-state index >= 15 is 0 Å². The number of hydrogen-bond donors (Lipinski definition) is 1. The van der Waals surface area contributed by atoms with Crippen molar-refractivity contribution in [3.63, 3.8) is 0 Å². The van der Waals surface area contributed by atoms with Crippen LogP contribution in [0.5, 0.6) is 0 Å². The lowest BCUT2D eigenvalue weighted by atomic mass is 9.92. The monoisotopic (exact) mass is 245 g/mol. The van der Waals surface area contributed by atoms with Crippen molar-refractivity contribution in [1.29, 1.82) is 0 Å². The molecule has 2 atom stereocenters. The minimum absolute atomic E-state index is 0.289. The molecule has 5 nitrogen and oxygen atoms in total. The lowest BCUT2D eigenvalue weighted by molar-refractivity contribution is 0.293. The Balaban J connectivity index is 2.12. The molecule has 1 fully saturated rings. The van der Waals surface area contributed by atoms with Crippen LogP contribution in [-0.2, 0) is 0 Å². The summed E-state index contributed by atoms with van der Waals surface area (Å²) in [5, 5.41) is 12.2. The van der Waals surface area contributed by atoms with Crippen molar-refractivity contribution in [2.75, 3.05) is 6.54 Å². The molecule has 0 aliphatic carbocycles. The highest BCUT2D eigenvalue weighted by molar-refractivity contribution is 5.40. The highest BCUT2D eigenvalue weighted by Crippen LogP contribution is 2.28. The SMILES string of the molecule is Cc1cc2nnc(C3NCCCC3C)n2c(C)n1. The minimum Gasteiger partial charge on any atom is -0.307 e. The Morgan fingerprint density at radius 1 is 1.33 bits per heavy atom. The van der Waals surface area contributed by atoms with Gasteiger partial charge in [0.1, 0.15) is 5.82 Å². The highest BCUT2D eigenvalue weighted by atomic mass is 15.3. The average Bonchev–Trinajstić information content (AvgIpc) is 2.73. The molecule has 2 aromatic heterocycles. The molecule has 3 rings (SSSR count). The summed E-state index contributed by atoms with van der Waals surface area (Å²) in [5.41, 5.74) is 1.89. The second kappa shape index (κ2) is 4.31. The van der Waals surface area contributed by atoms with Gasteiger partial charge in [-0.2, -0.15) is 0 Å². The lowest BCUT2D eigenvalue weighted by Crippen LogP contribution is -2.34. The van der Waals surface area contributed by atoms with Crippen molar-refractivity contribution >= 4 is 5.65 Å². The predicted octanol–water partition coefficient (Wildman–Crippen LogP) is 1.80. The summed E-state index contributed by atoms with van der Waals surface area (Å²) in [4.78, 5) is 4.51. The van der Waals surface area contributed by atoms with E-state index in [9.17, 15) is 0 Å². The van der Waals surface area contributed by atoms with Crippen LogP contribution in [0.4, 0.5) is 0 Å². The van der Waals surface area contributed by atoms with E-state index in [4.69, 9.17) is 0 Å². The second-order valence-electron chi connectivity index (χ2n) is 5.25. The third-order valence-corrected chi connectivity index (χ3v) is 3.76. The van der Waals surface area contributed by atoms with Gasteiger partial charge in [-0.25, -0.2) is 4.98 Å². The predicted molar refractivity (Wildman–Crippen MR) is 69.4 cm³/mol. The standard InChI is InChI=1S/C13H19N5/c1-8-5-4-6-14-12(8)13-17-16-11-7-9(2)15-10(3)18(11)13/h7-8,12,14H,4-6H2,1-3H3. The first kappa shape index (κ1) is 11.6. The first-order chi connectivity index (χ1) is 8.66. The third-order valence-electron chi connectivity index (χ3n) is 3.76. The van der Waals surface area contributed by atoms with Crippen LogP contribution in [0.3, 0.4) is 0 Å². The molecule has 0 saturated carbocycles. The van der Waals surface area contributed by atoms with Crippen LogP contribution in [0.15, 0.2) is 6.07 Å². The third kappa shape index (κ3) is 1.79. The van der Waals surface area contributed by atoms with E-state index in [0.717, 1.165) is 29.5 Å². The fraction of sp³-hybridized carbons (Fsp3) is 0.615. The maximum Gasteiger partial charge on any atom is 0.164 e. The van der Waals surface area contributed by atoms with E-state index in [1.807, 2.05) is 19.9 Å². The fourth-order valence-corrected chi connectivity index (χ4v) is 2.86. The molecule has 0 spiro atoms. The molecule has 1 aliphatic heterocycles. The molecular formula is C13H19N5. The van der Waals surface area contributed by atoms with Gasteiger partial charge in [0.05, 0.1) is 6.04 Å². The van der Waals surface area contributed by atoms with Crippen molar-refractivity contribution in [3.8, 4) is 0 Å². The van der Waals surface area contributed by atoms with Crippen molar-refractivity contribution in [1.82, 2.24) is 24.9 Å². The number of aromatic nitrogens is 4. The zero-order valence-corrected chi connectivity index (χ0v) is 11.1. The van der Waals surface area contributed by atoms with Crippen molar-refractivity contribution in [3.05, 3.63) is 23.4 Å². The summed E-state index contributed by atoms with van der Waals surface area (Å²) in [6.45, 7) is 7.33. The van der Waals surface area contributed by atoms with Gasteiger partial charge in [0.15, 0.2) is 11.5 Å². The van der Waals surface area contributed by atoms with Gasteiger partial charge in [-0.3, -0.25) is 4.40 Å². The molecule has 0 aromatic carbocycles. The molecule has 1 aliphatic rings. The average molecular weight is 245 g/mol. The van der Waals surface area contributed by atoms with E-state index in [2.05, 4.69) is 31.8 Å². The number of aryl methyl sites for hydroxylation is 2. The first-order valence-corrected chi connectivity index (χ1v) is 6.59. The molecule has 0 bridgehead atoms. The summed E-state index contributed by atoms with van der Waals surface area (Å²) in [6, 6.07) is 2.27. The smallest absolute Gasteiger partial charge is 0.164 e. The highest BCUT2D eigenvalue weighted by Gasteiger charge is 2.27. The fourth-order valence-electron chi connectivity index (χ4n) is 2.86. The normalized spacial score (nSPS) is 24.6. The van der Waals surface area contributed by atoms with Gasteiger partial charge in [0, 0.05) is 11.8 Å². The van der Waals surface area contributed by atoms with Crippen LogP contribution >= 0.6 is 0 Å². The van der Waals surface area contributed by atoms with Gasteiger partial charge < -0.3 is 5.32 Å². The number of fused-ring (bicyclic) bond motifs is 1. The van der Waals surface area contributed by atoms with Crippen LogP contribution in [0.1, 0.15) is 43.1 Å². The first-order valence-electron chi connectivity index (χ1n) is 6.59. The van der Waals surface area contributed by atoms with Gasteiger partial charge >= 0.3 is 0 Å². The summed E-state index contributed by atoms with van der Waals surface area (Å²) in [5.74, 6) is 2.55. The van der Waals surface area contributed by atoms with E-state index in [-0.39, 0.29) is 6.04 Å². The molecule has 0 radical (unpaired) electrons. The van der Waals surface area contributed by atoms with Crippen LogP contribution in [0.25, 0.3) is 5.65 Å². The topological polar surface area (TPSA) is 55.1 Å². The Kier molecular flexibility index (Phi) is 2.78. The number of nitrogens with zero attached hydrogens (tertiary/aromatic N) is 4. The van der Waals surface area contributed by atoms with Gasteiger partial charge in [0.2, 0.25) is 0 Å². The van der Waals surface area contributed by atoms with Gasteiger partial charge in [0.25, 0.3) is 0 Å². The minimum atomic E-state index is 0.289. The van der Waals surface area contributed by atoms with Gasteiger partial charge in [-0.05, 0) is 39.2 Å². The summed E-state index contributed by atoms with van der Waals surface area (Å²) >= 11 is 0. The summed E-state index contributed by atoms with van der Waals surface area (Å²) in [7, 11) is 0. The molecule has 18 heavy (non-hydrogen) atoms.